The molecule has 0 saturated heterocycles. The summed E-state index contributed by atoms with van der Waals surface area (Å²) in [7, 11) is -4.13. The molecule has 2 unspecified atom stereocenters. The summed E-state index contributed by atoms with van der Waals surface area (Å²) in [6, 6.07) is 2.74. The maximum Gasteiger partial charge on any atom is 0.324 e. The van der Waals surface area contributed by atoms with Crippen molar-refractivity contribution in [2.24, 2.45) is 0 Å². The number of hydrogen-bond acceptors (Lipinski definition) is 7. The zero-order valence-electron chi connectivity index (χ0n) is 10.2. The summed E-state index contributed by atoms with van der Waals surface area (Å²) in [4.78, 5) is 10.8. The second-order valence-corrected chi connectivity index (χ2v) is 6.28. The van der Waals surface area contributed by atoms with Crippen LogP contribution in [0.5, 0.6) is 0 Å². The maximum absolute atomic E-state index is 12.2. The van der Waals surface area contributed by atoms with E-state index in [9.17, 15) is 18.3 Å². The fourth-order valence-electron chi connectivity index (χ4n) is 1.58. The number of benzene rings is 1. The van der Waals surface area contributed by atoms with Gasteiger partial charge in [0.15, 0.2) is 0 Å². The van der Waals surface area contributed by atoms with Crippen molar-refractivity contribution in [3.63, 3.8) is 0 Å². The number of rotatable bonds is 5. The Balaban J connectivity index is 2.45. The quantitative estimate of drug-likeness (QED) is 0.696. The summed E-state index contributed by atoms with van der Waals surface area (Å²) >= 11 is 0.857. The molecule has 2 atom stereocenters. The van der Waals surface area contributed by atoms with E-state index in [0.717, 1.165) is 11.7 Å². The molecule has 2 rings (SSSR count). The number of aliphatic hydroxyl groups excluding tert-OH is 1. The first-order valence-electron chi connectivity index (χ1n) is 5.47. The third-order valence-electron chi connectivity index (χ3n) is 2.57. The Morgan fingerprint density at radius 1 is 1.40 bits per heavy atom. The van der Waals surface area contributed by atoms with Gasteiger partial charge in [-0.15, -0.1) is 0 Å². The number of hydrogen-bond donors (Lipinski definition) is 3. The first-order chi connectivity index (χ1) is 9.33. The van der Waals surface area contributed by atoms with E-state index in [4.69, 9.17) is 5.11 Å². The smallest absolute Gasteiger partial charge is 0.324 e. The van der Waals surface area contributed by atoms with Gasteiger partial charge in [-0.05, 0) is 19.1 Å². The van der Waals surface area contributed by atoms with Gasteiger partial charge in [0, 0.05) is 0 Å². The summed E-state index contributed by atoms with van der Waals surface area (Å²) in [5.41, 5.74) is 0.571. The van der Waals surface area contributed by atoms with E-state index in [1.807, 2.05) is 4.72 Å². The number of aromatic nitrogens is 2. The normalized spacial score (nSPS) is 15.1. The van der Waals surface area contributed by atoms with Gasteiger partial charge in [-0.25, -0.2) is 8.42 Å². The molecule has 0 radical (unpaired) electrons. The van der Waals surface area contributed by atoms with E-state index in [1.54, 1.807) is 6.07 Å². The number of aliphatic hydroxyl groups is 1. The summed E-state index contributed by atoms with van der Waals surface area (Å²) in [6.07, 6.45) is -1.38. The lowest BCUT2D eigenvalue weighted by Crippen LogP contribution is -2.47. The monoisotopic (exact) mass is 317 g/mol. The minimum absolute atomic E-state index is 0.166. The van der Waals surface area contributed by atoms with Crippen LogP contribution in [0.15, 0.2) is 23.1 Å². The second-order valence-electron chi connectivity index (χ2n) is 4.07. The number of sulfonamides is 1. The SMILES string of the molecule is CC(O)C(NS(=O)(=O)c1cccc2nsnc12)C(=O)O. The summed E-state index contributed by atoms with van der Waals surface area (Å²) < 4.78 is 34.2. The average molecular weight is 317 g/mol. The third kappa shape index (κ3) is 2.77. The van der Waals surface area contributed by atoms with E-state index in [1.165, 1.54) is 19.1 Å². The predicted molar refractivity (Wildman–Crippen MR) is 70.8 cm³/mol. The molecular weight excluding hydrogens is 306 g/mol. The molecule has 2 aromatic rings. The van der Waals surface area contributed by atoms with E-state index in [2.05, 4.69) is 8.75 Å². The molecule has 0 fully saturated rings. The van der Waals surface area contributed by atoms with Crippen LogP contribution >= 0.6 is 11.7 Å². The molecule has 0 aliphatic carbocycles. The minimum Gasteiger partial charge on any atom is -0.480 e. The molecule has 8 nitrogen and oxygen atoms in total. The topological polar surface area (TPSA) is 129 Å². The highest BCUT2D eigenvalue weighted by Gasteiger charge is 2.30. The van der Waals surface area contributed by atoms with Crippen LogP contribution in [0.2, 0.25) is 0 Å². The Kier molecular flexibility index (Phi) is 3.99. The zero-order valence-corrected chi connectivity index (χ0v) is 11.8. The van der Waals surface area contributed by atoms with Crippen molar-refractivity contribution in [2.75, 3.05) is 0 Å². The summed E-state index contributed by atoms with van der Waals surface area (Å²) in [5, 5.41) is 18.2. The van der Waals surface area contributed by atoms with Crippen molar-refractivity contribution in [3.8, 4) is 0 Å². The van der Waals surface area contributed by atoms with Gasteiger partial charge in [0.25, 0.3) is 0 Å². The van der Waals surface area contributed by atoms with Crippen molar-refractivity contribution in [2.45, 2.75) is 24.0 Å². The highest BCUT2D eigenvalue weighted by Crippen LogP contribution is 2.21. The Labute approximate surface area is 118 Å². The second kappa shape index (κ2) is 5.40. The largest absolute Gasteiger partial charge is 0.480 e. The molecule has 1 heterocycles. The lowest BCUT2D eigenvalue weighted by molar-refractivity contribution is -0.141. The fraction of sp³-hybridized carbons (Fsp3) is 0.300. The van der Waals surface area contributed by atoms with Gasteiger partial charge < -0.3 is 10.2 Å². The number of aliphatic carboxylic acids is 1. The number of fused-ring (bicyclic) bond motifs is 1. The standard InChI is InChI=1S/C10H11N3O5S2/c1-5(14)8(10(15)16)13-20(17,18)7-4-2-3-6-9(7)12-19-11-6/h2-5,8,13-14H,1H3,(H,15,16). The third-order valence-corrected chi connectivity index (χ3v) is 4.58. The minimum atomic E-state index is -4.13. The van der Waals surface area contributed by atoms with Gasteiger partial charge in [0.1, 0.15) is 22.0 Å². The van der Waals surface area contributed by atoms with Gasteiger partial charge in [0.2, 0.25) is 10.0 Å². The van der Waals surface area contributed by atoms with Crippen LogP contribution in [0.25, 0.3) is 11.0 Å². The molecule has 108 valence electrons. The summed E-state index contributed by atoms with van der Waals surface area (Å²) in [6.45, 7) is 1.19. The van der Waals surface area contributed by atoms with Gasteiger partial charge in [-0.3, -0.25) is 4.79 Å². The van der Waals surface area contributed by atoms with Crippen LogP contribution < -0.4 is 4.72 Å². The Bertz CT molecular complexity index is 740. The maximum atomic E-state index is 12.2. The molecule has 0 aliphatic rings. The lowest BCUT2D eigenvalue weighted by atomic mass is 10.2. The Morgan fingerprint density at radius 3 is 2.70 bits per heavy atom. The molecule has 3 N–H and O–H groups in total. The van der Waals surface area contributed by atoms with Gasteiger partial charge in [-0.1, -0.05) is 6.07 Å². The first-order valence-corrected chi connectivity index (χ1v) is 7.69. The van der Waals surface area contributed by atoms with Crippen LogP contribution in [0.1, 0.15) is 6.92 Å². The van der Waals surface area contributed by atoms with E-state index in [0.29, 0.717) is 5.52 Å². The van der Waals surface area contributed by atoms with Crippen LogP contribution in [-0.4, -0.2) is 45.5 Å². The molecule has 0 aliphatic heterocycles. The molecule has 0 saturated carbocycles. The number of carboxylic acid groups (broad SMARTS) is 1. The first kappa shape index (κ1) is 14.8. The predicted octanol–water partition coefficient (Wildman–Crippen LogP) is -0.196. The molecule has 10 heteroatoms. The van der Waals surface area contributed by atoms with Crippen molar-refractivity contribution in [1.82, 2.24) is 13.5 Å². The van der Waals surface area contributed by atoms with Gasteiger partial charge in [-0.2, -0.15) is 13.5 Å². The lowest BCUT2D eigenvalue weighted by Gasteiger charge is -2.17. The number of nitrogens with zero attached hydrogens (tertiary/aromatic N) is 2. The highest BCUT2D eigenvalue weighted by atomic mass is 32.2. The number of nitrogens with one attached hydrogen (secondary N) is 1. The summed E-state index contributed by atoms with van der Waals surface area (Å²) in [5.74, 6) is -1.47. The van der Waals surface area contributed by atoms with Crippen molar-refractivity contribution >= 4 is 38.8 Å². The molecule has 1 aromatic heterocycles. The Hall–Kier alpha value is -1.62. The van der Waals surface area contributed by atoms with Crippen LogP contribution in [-0.2, 0) is 14.8 Å². The van der Waals surface area contributed by atoms with E-state index in [-0.39, 0.29) is 10.4 Å². The van der Waals surface area contributed by atoms with Crippen molar-refractivity contribution in [1.29, 1.82) is 0 Å². The molecule has 1 aromatic carbocycles. The Morgan fingerprint density at radius 2 is 2.10 bits per heavy atom. The fourth-order valence-corrected chi connectivity index (χ4v) is 3.61. The molecule has 0 bridgehead atoms. The van der Waals surface area contributed by atoms with Crippen LogP contribution in [0.4, 0.5) is 0 Å². The molecule has 20 heavy (non-hydrogen) atoms. The van der Waals surface area contributed by atoms with Crippen molar-refractivity contribution < 1.29 is 23.4 Å². The van der Waals surface area contributed by atoms with Crippen molar-refractivity contribution in [3.05, 3.63) is 18.2 Å². The van der Waals surface area contributed by atoms with E-state index >= 15 is 0 Å². The van der Waals surface area contributed by atoms with Crippen LogP contribution in [0.3, 0.4) is 0 Å². The average Bonchev–Trinajstić information content (AvgIpc) is 2.83. The molecule has 0 spiro atoms. The molecular formula is C10H11N3O5S2. The number of carbonyl (C=O) groups is 1. The molecule has 0 amide bonds. The van der Waals surface area contributed by atoms with Gasteiger partial charge >= 0.3 is 5.97 Å². The van der Waals surface area contributed by atoms with Gasteiger partial charge in [0.05, 0.1) is 17.8 Å². The zero-order chi connectivity index (χ0) is 14.9. The number of carboxylic acids is 1. The van der Waals surface area contributed by atoms with Crippen LogP contribution in [0, 0.1) is 0 Å². The van der Waals surface area contributed by atoms with E-state index < -0.39 is 28.1 Å². The highest BCUT2D eigenvalue weighted by molar-refractivity contribution is 7.89.